The predicted molar refractivity (Wildman–Crippen MR) is 109 cm³/mol. The molecule has 1 aromatic heterocycles. The van der Waals surface area contributed by atoms with E-state index in [1.54, 1.807) is 13.4 Å². The highest BCUT2D eigenvalue weighted by molar-refractivity contribution is 5.78. The molecule has 0 bridgehead atoms. The van der Waals surface area contributed by atoms with Gasteiger partial charge in [-0.25, -0.2) is 4.98 Å². The number of amides is 2. The molecular formula is C22H28N4O3. The molecule has 2 amide bonds. The number of hydrogen-bond donors (Lipinski definition) is 1. The van der Waals surface area contributed by atoms with Gasteiger partial charge in [0.1, 0.15) is 5.75 Å². The fourth-order valence-corrected chi connectivity index (χ4v) is 4.31. The topological polar surface area (TPSA) is 78.5 Å². The number of ether oxygens (including phenoxy) is 1. The molecule has 1 unspecified atom stereocenters. The Balaban J connectivity index is 1.42. The van der Waals surface area contributed by atoms with E-state index in [4.69, 9.17) is 4.74 Å². The summed E-state index contributed by atoms with van der Waals surface area (Å²) in [6.45, 7) is 2.66. The number of benzene rings is 1. The number of imidazole rings is 1. The van der Waals surface area contributed by atoms with Crippen molar-refractivity contribution in [3.8, 4) is 5.75 Å². The van der Waals surface area contributed by atoms with Crippen LogP contribution >= 0.6 is 0 Å². The summed E-state index contributed by atoms with van der Waals surface area (Å²) in [5.74, 6) is 1.17. The third-order valence-corrected chi connectivity index (χ3v) is 5.92. The summed E-state index contributed by atoms with van der Waals surface area (Å²) in [5.41, 5.74) is 3.08. The van der Waals surface area contributed by atoms with Gasteiger partial charge in [0, 0.05) is 38.4 Å². The highest BCUT2D eigenvalue weighted by atomic mass is 16.5. The van der Waals surface area contributed by atoms with Crippen LogP contribution in [0.1, 0.15) is 55.0 Å². The third-order valence-electron chi connectivity index (χ3n) is 5.92. The molecule has 2 aromatic rings. The van der Waals surface area contributed by atoms with Crippen LogP contribution in [0.5, 0.6) is 5.75 Å². The Morgan fingerprint density at radius 2 is 2.24 bits per heavy atom. The van der Waals surface area contributed by atoms with Crippen molar-refractivity contribution in [3.63, 3.8) is 0 Å². The van der Waals surface area contributed by atoms with Gasteiger partial charge in [0.25, 0.3) is 0 Å². The van der Waals surface area contributed by atoms with Crippen LogP contribution in [0.4, 0.5) is 0 Å². The Morgan fingerprint density at radius 3 is 3.07 bits per heavy atom. The van der Waals surface area contributed by atoms with Crippen molar-refractivity contribution in [1.82, 2.24) is 19.8 Å². The molecule has 4 rings (SSSR count). The number of H-pyrrole nitrogens is 1. The van der Waals surface area contributed by atoms with Crippen molar-refractivity contribution in [1.29, 1.82) is 0 Å². The molecular weight excluding hydrogens is 368 g/mol. The zero-order valence-corrected chi connectivity index (χ0v) is 16.9. The number of nitrogens with zero attached hydrogens (tertiary/aromatic N) is 3. The zero-order chi connectivity index (χ0) is 20.2. The fraction of sp³-hybridized carbons (Fsp3) is 0.500. The smallest absolute Gasteiger partial charge is 0.223 e. The zero-order valence-electron chi connectivity index (χ0n) is 16.9. The van der Waals surface area contributed by atoms with Gasteiger partial charge in [-0.1, -0.05) is 12.1 Å². The number of aromatic nitrogens is 2. The molecule has 0 saturated carbocycles. The molecule has 1 atom stereocenters. The van der Waals surface area contributed by atoms with Gasteiger partial charge in [-0.3, -0.25) is 9.59 Å². The number of hydrogen-bond acceptors (Lipinski definition) is 4. The first-order valence-electron chi connectivity index (χ1n) is 10.4. The lowest BCUT2D eigenvalue weighted by molar-refractivity contribution is -0.135. The first-order valence-corrected chi connectivity index (χ1v) is 10.4. The Bertz CT molecular complexity index is 878. The summed E-state index contributed by atoms with van der Waals surface area (Å²) >= 11 is 0. The molecule has 1 aromatic carbocycles. The number of carbonyl (C=O) groups is 2. The minimum absolute atomic E-state index is 0.0210. The molecule has 0 spiro atoms. The highest BCUT2D eigenvalue weighted by Crippen LogP contribution is 2.33. The third kappa shape index (κ3) is 4.28. The van der Waals surface area contributed by atoms with Crippen molar-refractivity contribution in [2.45, 2.75) is 44.6 Å². The second-order valence-corrected chi connectivity index (χ2v) is 7.81. The van der Waals surface area contributed by atoms with Crippen molar-refractivity contribution in [2.75, 3.05) is 26.7 Å². The van der Waals surface area contributed by atoms with E-state index in [-0.39, 0.29) is 17.7 Å². The van der Waals surface area contributed by atoms with Crippen LogP contribution < -0.4 is 4.74 Å². The molecule has 154 valence electrons. The second kappa shape index (κ2) is 8.68. The maximum Gasteiger partial charge on any atom is 0.223 e. The molecule has 3 heterocycles. The van der Waals surface area contributed by atoms with Crippen LogP contribution in [-0.2, 0) is 16.1 Å². The van der Waals surface area contributed by atoms with Crippen LogP contribution in [0.3, 0.4) is 0 Å². The summed E-state index contributed by atoms with van der Waals surface area (Å²) in [5, 5.41) is 0. The van der Waals surface area contributed by atoms with Crippen molar-refractivity contribution >= 4 is 11.8 Å². The molecule has 0 radical (unpaired) electrons. The first-order chi connectivity index (χ1) is 14.2. The van der Waals surface area contributed by atoms with Crippen molar-refractivity contribution in [2.24, 2.45) is 0 Å². The number of nitrogens with one attached hydrogen (secondary N) is 1. The molecule has 29 heavy (non-hydrogen) atoms. The maximum atomic E-state index is 12.9. The van der Waals surface area contributed by atoms with Crippen LogP contribution in [0, 0.1) is 0 Å². The van der Waals surface area contributed by atoms with E-state index in [2.05, 4.69) is 16.0 Å². The van der Waals surface area contributed by atoms with E-state index in [9.17, 15) is 9.59 Å². The Labute approximate surface area is 171 Å². The van der Waals surface area contributed by atoms with Gasteiger partial charge in [-0.15, -0.1) is 0 Å². The first kappa shape index (κ1) is 19.5. The summed E-state index contributed by atoms with van der Waals surface area (Å²) in [6, 6.07) is 7.96. The standard InChI is InChI=1S/C22H28N4O3/c1-29-17-7-4-6-16(12-17)18-13-26(14-19-22(18)24-15-23-19)21(28)9-5-11-25-10-3-2-8-20(25)27/h4,6-7,12,15,18H,2-3,5,8-11,13-14H2,1H3,(H,23,24). The van der Waals surface area contributed by atoms with E-state index in [1.165, 1.54) is 0 Å². The molecule has 7 nitrogen and oxygen atoms in total. The Kier molecular flexibility index (Phi) is 5.83. The molecule has 2 aliphatic rings. The highest BCUT2D eigenvalue weighted by Gasteiger charge is 2.31. The normalized spacial score (nSPS) is 19.2. The molecule has 2 aliphatic heterocycles. The molecule has 1 saturated heterocycles. The molecule has 7 heteroatoms. The number of methoxy groups -OCH3 is 1. The van der Waals surface area contributed by atoms with Gasteiger partial charge < -0.3 is 19.5 Å². The lowest BCUT2D eigenvalue weighted by Gasteiger charge is -2.33. The van der Waals surface area contributed by atoms with E-state index < -0.39 is 0 Å². The minimum Gasteiger partial charge on any atom is -0.497 e. The maximum absolute atomic E-state index is 12.9. The van der Waals surface area contributed by atoms with Crippen LogP contribution in [0.2, 0.25) is 0 Å². The fourth-order valence-electron chi connectivity index (χ4n) is 4.31. The Hall–Kier alpha value is -2.83. The van der Waals surface area contributed by atoms with Gasteiger partial charge in [0.2, 0.25) is 11.8 Å². The molecule has 0 aliphatic carbocycles. The Morgan fingerprint density at radius 1 is 1.34 bits per heavy atom. The summed E-state index contributed by atoms with van der Waals surface area (Å²) in [7, 11) is 1.66. The summed E-state index contributed by atoms with van der Waals surface area (Å²) < 4.78 is 5.37. The number of carbonyl (C=O) groups excluding carboxylic acids is 2. The summed E-state index contributed by atoms with van der Waals surface area (Å²) in [6.07, 6.45) is 5.56. The lowest BCUT2D eigenvalue weighted by Crippen LogP contribution is -2.40. The molecule has 1 fully saturated rings. The van der Waals surface area contributed by atoms with Crippen molar-refractivity contribution < 1.29 is 14.3 Å². The second-order valence-electron chi connectivity index (χ2n) is 7.81. The minimum atomic E-state index is 0.0210. The van der Waals surface area contributed by atoms with Gasteiger partial charge in [-0.05, 0) is 37.0 Å². The van der Waals surface area contributed by atoms with E-state index in [0.717, 1.165) is 42.1 Å². The number of rotatable bonds is 6. The molecule has 1 N–H and O–H groups in total. The number of fused-ring (bicyclic) bond motifs is 1. The van der Waals surface area contributed by atoms with Crippen molar-refractivity contribution in [3.05, 3.63) is 47.5 Å². The van der Waals surface area contributed by atoms with Crippen LogP contribution in [-0.4, -0.2) is 58.3 Å². The van der Waals surface area contributed by atoms with Gasteiger partial charge in [0.15, 0.2) is 0 Å². The lowest BCUT2D eigenvalue weighted by atomic mass is 9.90. The van der Waals surface area contributed by atoms with E-state index in [1.807, 2.05) is 28.0 Å². The van der Waals surface area contributed by atoms with E-state index in [0.29, 0.717) is 38.9 Å². The van der Waals surface area contributed by atoms with Gasteiger partial charge >= 0.3 is 0 Å². The van der Waals surface area contributed by atoms with E-state index >= 15 is 0 Å². The number of piperidine rings is 1. The predicted octanol–water partition coefficient (Wildman–Crippen LogP) is 2.69. The van der Waals surface area contributed by atoms with Gasteiger partial charge in [0.05, 0.1) is 31.4 Å². The van der Waals surface area contributed by atoms with Gasteiger partial charge in [-0.2, -0.15) is 0 Å². The average Bonchev–Trinajstić information content (AvgIpc) is 3.23. The SMILES string of the molecule is COc1cccc(C2CN(C(=O)CCCN3CCCCC3=O)Cc3[nH]cnc32)c1. The van der Waals surface area contributed by atoms with Crippen LogP contribution in [0.15, 0.2) is 30.6 Å². The number of likely N-dealkylation sites (tertiary alicyclic amines) is 1. The van der Waals surface area contributed by atoms with Crippen LogP contribution in [0.25, 0.3) is 0 Å². The quantitative estimate of drug-likeness (QED) is 0.814. The number of aromatic amines is 1. The summed E-state index contributed by atoms with van der Waals surface area (Å²) in [4.78, 5) is 36.4. The average molecular weight is 396 g/mol. The monoisotopic (exact) mass is 396 g/mol. The largest absolute Gasteiger partial charge is 0.497 e.